The van der Waals surface area contributed by atoms with Crippen molar-refractivity contribution >= 4 is 49.8 Å². The largest absolute Gasteiger partial charge is 0.397 e. The molecule has 176 valence electrons. The summed E-state index contributed by atoms with van der Waals surface area (Å²) in [5.41, 5.74) is 12.2. The standard InChI is InChI=1S/C26H30BrN7/c1-32(2)12-13-33(3)25-14-20(27)23(15-21(25)28)31-26-29-11-10-22(30-26)19-16-34(17-8-9-17)24-7-5-4-6-18(19)24/h4-7,10-11,14-17H,8-9,12-13,28H2,1-3H3,(H,29,30,31). The van der Waals surface area contributed by atoms with Crippen LogP contribution in [0.1, 0.15) is 18.9 Å². The third-order valence-electron chi connectivity index (χ3n) is 6.27. The molecule has 2 aromatic heterocycles. The molecular weight excluding hydrogens is 490 g/mol. The number of benzene rings is 2. The fourth-order valence-corrected chi connectivity index (χ4v) is 4.66. The molecule has 0 unspecified atom stereocenters. The summed E-state index contributed by atoms with van der Waals surface area (Å²) in [6, 6.07) is 15.1. The maximum atomic E-state index is 6.41. The van der Waals surface area contributed by atoms with Crippen molar-refractivity contribution < 1.29 is 0 Å². The van der Waals surface area contributed by atoms with Crippen molar-refractivity contribution in [2.45, 2.75) is 18.9 Å². The number of hydrogen-bond acceptors (Lipinski definition) is 6. The molecule has 0 spiro atoms. The first-order valence-corrected chi connectivity index (χ1v) is 12.3. The van der Waals surface area contributed by atoms with E-state index in [-0.39, 0.29) is 0 Å². The summed E-state index contributed by atoms with van der Waals surface area (Å²) in [4.78, 5) is 13.6. The molecule has 4 aromatic rings. The molecule has 1 aliphatic carbocycles. The van der Waals surface area contributed by atoms with Crippen molar-refractivity contribution in [3.63, 3.8) is 0 Å². The zero-order valence-electron chi connectivity index (χ0n) is 19.8. The molecule has 1 fully saturated rings. The lowest BCUT2D eigenvalue weighted by Gasteiger charge is -2.24. The number of para-hydroxylation sites is 1. The number of likely N-dealkylation sites (N-methyl/N-ethyl adjacent to an activating group) is 2. The third kappa shape index (κ3) is 4.60. The predicted octanol–water partition coefficient (Wildman–Crippen LogP) is 5.52. The van der Waals surface area contributed by atoms with E-state index in [1.165, 1.54) is 23.7 Å². The number of anilines is 4. The quantitative estimate of drug-likeness (QED) is 0.298. The van der Waals surface area contributed by atoms with Gasteiger partial charge in [0.2, 0.25) is 5.95 Å². The number of aromatic nitrogens is 3. The van der Waals surface area contributed by atoms with Gasteiger partial charge >= 0.3 is 0 Å². The number of nitrogens with two attached hydrogens (primary N) is 1. The molecule has 0 radical (unpaired) electrons. The second kappa shape index (κ2) is 9.27. The zero-order valence-corrected chi connectivity index (χ0v) is 21.4. The lowest BCUT2D eigenvalue weighted by molar-refractivity contribution is 0.416. The monoisotopic (exact) mass is 519 g/mol. The first-order chi connectivity index (χ1) is 16.4. The van der Waals surface area contributed by atoms with Crippen LogP contribution in [0.3, 0.4) is 0 Å². The van der Waals surface area contributed by atoms with E-state index < -0.39 is 0 Å². The van der Waals surface area contributed by atoms with Crippen LogP contribution in [0.5, 0.6) is 0 Å². The van der Waals surface area contributed by atoms with Crippen molar-refractivity contribution in [3.05, 3.63) is 59.3 Å². The van der Waals surface area contributed by atoms with Crippen molar-refractivity contribution in [2.75, 3.05) is 50.2 Å². The smallest absolute Gasteiger partial charge is 0.227 e. The highest BCUT2D eigenvalue weighted by atomic mass is 79.9. The van der Waals surface area contributed by atoms with E-state index in [0.717, 1.165) is 40.2 Å². The Kier molecular flexibility index (Phi) is 6.18. The fraction of sp³-hybridized carbons (Fsp3) is 0.308. The lowest BCUT2D eigenvalue weighted by Crippen LogP contribution is -2.29. The van der Waals surface area contributed by atoms with Gasteiger partial charge in [0, 0.05) is 59.5 Å². The van der Waals surface area contributed by atoms with Gasteiger partial charge in [0.1, 0.15) is 0 Å². The molecule has 2 aromatic carbocycles. The average molecular weight is 520 g/mol. The Morgan fingerprint density at radius 2 is 1.91 bits per heavy atom. The summed E-state index contributed by atoms with van der Waals surface area (Å²) in [5, 5.41) is 4.56. The van der Waals surface area contributed by atoms with Crippen molar-refractivity contribution in [1.29, 1.82) is 0 Å². The van der Waals surface area contributed by atoms with Crippen LogP contribution in [-0.2, 0) is 0 Å². The minimum Gasteiger partial charge on any atom is -0.397 e. The number of rotatable bonds is 8. The summed E-state index contributed by atoms with van der Waals surface area (Å²) in [7, 11) is 6.19. The molecule has 0 atom stereocenters. The average Bonchev–Trinajstić information content (AvgIpc) is 3.60. The van der Waals surface area contributed by atoms with Crippen molar-refractivity contribution in [1.82, 2.24) is 19.4 Å². The zero-order chi connectivity index (χ0) is 23.8. The summed E-state index contributed by atoms with van der Waals surface area (Å²) in [6.07, 6.45) is 6.52. The molecule has 0 amide bonds. The first kappa shape index (κ1) is 22.7. The normalized spacial score (nSPS) is 13.6. The van der Waals surface area contributed by atoms with Gasteiger partial charge < -0.3 is 25.4 Å². The molecule has 0 saturated heterocycles. The number of fused-ring (bicyclic) bond motifs is 1. The SMILES string of the molecule is CN(C)CCN(C)c1cc(Br)c(Nc2nccc(-c3cn(C4CC4)c4ccccc34)n2)cc1N. The van der Waals surface area contributed by atoms with E-state index in [4.69, 9.17) is 10.7 Å². The lowest BCUT2D eigenvalue weighted by atomic mass is 10.1. The van der Waals surface area contributed by atoms with Crippen LogP contribution in [0.4, 0.5) is 23.0 Å². The van der Waals surface area contributed by atoms with Crippen molar-refractivity contribution in [3.8, 4) is 11.3 Å². The van der Waals surface area contributed by atoms with Crippen molar-refractivity contribution in [2.24, 2.45) is 0 Å². The minimum atomic E-state index is 0.537. The molecular formula is C26H30BrN7. The molecule has 2 heterocycles. The van der Waals surface area contributed by atoms with Gasteiger partial charge in [0.05, 0.1) is 22.8 Å². The van der Waals surface area contributed by atoms with Gasteiger partial charge in [-0.05, 0) is 67.1 Å². The Morgan fingerprint density at radius 3 is 2.68 bits per heavy atom. The topological polar surface area (TPSA) is 75.2 Å². The highest BCUT2D eigenvalue weighted by molar-refractivity contribution is 9.10. The molecule has 0 aliphatic heterocycles. The van der Waals surface area contributed by atoms with Gasteiger partial charge in [0.25, 0.3) is 0 Å². The Labute approximate surface area is 208 Å². The molecule has 7 nitrogen and oxygen atoms in total. The molecule has 1 saturated carbocycles. The summed E-state index contributed by atoms with van der Waals surface area (Å²) >= 11 is 3.70. The van der Waals surface area contributed by atoms with Gasteiger partial charge in [0.15, 0.2) is 0 Å². The van der Waals surface area contributed by atoms with Crippen LogP contribution in [-0.4, -0.2) is 53.7 Å². The van der Waals surface area contributed by atoms with Crippen LogP contribution >= 0.6 is 15.9 Å². The van der Waals surface area contributed by atoms with Crippen LogP contribution in [0, 0.1) is 0 Å². The van der Waals surface area contributed by atoms with E-state index in [1.807, 2.05) is 18.2 Å². The summed E-state index contributed by atoms with van der Waals surface area (Å²) < 4.78 is 3.30. The Bertz CT molecular complexity index is 1330. The summed E-state index contributed by atoms with van der Waals surface area (Å²) in [5.74, 6) is 0.537. The highest BCUT2D eigenvalue weighted by Crippen LogP contribution is 2.41. The van der Waals surface area contributed by atoms with Gasteiger partial charge in [-0.3, -0.25) is 0 Å². The highest BCUT2D eigenvalue weighted by Gasteiger charge is 2.26. The van der Waals surface area contributed by atoms with Gasteiger partial charge in [-0.15, -0.1) is 0 Å². The van der Waals surface area contributed by atoms with E-state index in [0.29, 0.717) is 17.7 Å². The first-order valence-electron chi connectivity index (χ1n) is 11.6. The molecule has 3 N–H and O–H groups in total. The van der Waals surface area contributed by atoms with Gasteiger partial charge in [-0.1, -0.05) is 18.2 Å². The van der Waals surface area contributed by atoms with E-state index in [1.54, 1.807) is 6.20 Å². The fourth-order valence-electron chi connectivity index (χ4n) is 4.23. The molecule has 8 heteroatoms. The van der Waals surface area contributed by atoms with E-state index in [9.17, 15) is 0 Å². The van der Waals surface area contributed by atoms with Crippen LogP contribution in [0.2, 0.25) is 0 Å². The number of nitrogen functional groups attached to an aromatic ring is 1. The maximum absolute atomic E-state index is 6.41. The molecule has 1 aliphatic rings. The third-order valence-corrected chi connectivity index (χ3v) is 6.93. The molecule has 34 heavy (non-hydrogen) atoms. The van der Waals surface area contributed by atoms with Crippen LogP contribution in [0.15, 0.2) is 59.3 Å². The number of halogens is 1. The van der Waals surface area contributed by atoms with Gasteiger partial charge in [-0.2, -0.15) is 0 Å². The number of hydrogen-bond donors (Lipinski definition) is 2. The second-order valence-electron chi connectivity index (χ2n) is 9.20. The molecule has 5 rings (SSSR count). The second-order valence-corrected chi connectivity index (χ2v) is 10.1. The predicted molar refractivity (Wildman–Crippen MR) is 145 cm³/mol. The number of nitrogens with one attached hydrogen (secondary N) is 1. The number of nitrogens with zero attached hydrogens (tertiary/aromatic N) is 5. The van der Waals surface area contributed by atoms with Gasteiger partial charge in [-0.25, -0.2) is 9.97 Å². The Morgan fingerprint density at radius 1 is 1.12 bits per heavy atom. The van der Waals surface area contributed by atoms with Crippen LogP contribution < -0.4 is 16.0 Å². The van der Waals surface area contributed by atoms with E-state index in [2.05, 4.69) is 92.2 Å². The van der Waals surface area contributed by atoms with Crippen LogP contribution in [0.25, 0.3) is 22.2 Å². The maximum Gasteiger partial charge on any atom is 0.227 e. The Balaban J connectivity index is 1.42. The Hall–Kier alpha value is -3.10. The molecule has 0 bridgehead atoms. The summed E-state index contributed by atoms with van der Waals surface area (Å²) in [6.45, 7) is 1.83. The minimum absolute atomic E-state index is 0.537. The van der Waals surface area contributed by atoms with E-state index >= 15 is 0 Å².